The van der Waals surface area contributed by atoms with Crippen molar-refractivity contribution in [3.05, 3.63) is 53.4 Å². The molecule has 0 bridgehead atoms. The van der Waals surface area contributed by atoms with Gasteiger partial charge in [-0.1, -0.05) is 0 Å². The Morgan fingerprint density at radius 3 is 3.12 bits per heavy atom. The molecule has 1 amide bonds. The Morgan fingerprint density at radius 1 is 1.50 bits per heavy atom. The molecule has 0 fully saturated rings. The van der Waals surface area contributed by atoms with Crippen molar-refractivity contribution < 1.29 is 13.9 Å². The van der Waals surface area contributed by atoms with Crippen LogP contribution in [0.2, 0.25) is 0 Å². The maximum atomic E-state index is 13.8. The highest BCUT2D eigenvalue weighted by Crippen LogP contribution is 2.16. The first-order chi connectivity index (χ1) is 11.5. The summed E-state index contributed by atoms with van der Waals surface area (Å²) < 4.78 is 21.3. The van der Waals surface area contributed by atoms with Crippen LogP contribution < -0.4 is 5.32 Å². The third kappa shape index (κ3) is 3.82. The Balaban J connectivity index is 1.66. The number of hydrogen-bond acceptors (Lipinski definition) is 3. The lowest BCUT2D eigenvalue weighted by molar-refractivity contribution is 0.0638. The van der Waals surface area contributed by atoms with Gasteiger partial charge in [0.25, 0.3) is 5.91 Å². The SMILES string of the molecule is CC(C)OCc1cc(C(=O)N[C@@H]2CCc3nccn3C2)ccc1F. The number of carbonyl (C=O) groups excluding carboxylic acids is 1. The molecule has 3 rings (SSSR count). The van der Waals surface area contributed by atoms with Crippen molar-refractivity contribution >= 4 is 5.91 Å². The van der Waals surface area contributed by atoms with E-state index in [2.05, 4.69) is 14.9 Å². The number of halogens is 1. The van der Waals surface area contributed by atoms with Crippen molar-refractivity contribution in [1.82, 2.24) is 14.9 Å². The molecular formula is C18H22FN3O2. The topological polar surface area (TPSA) is 56.1 Å². The molecule has 0 aliphatic carbocycles. The molecule has 24 heavy (non-hydrogen) atoms. The van der Waals surface area contributed by atoms with Crippen LogP contribution in [-0.4, -0.2) is 27.6 Å². The van der Waals surface area contributed by atoms with E-state index in [4.69, 9.17) is 4.74 Å². The van der Waals surface area contributed by atoms with Gasteiger partial charge in [-0.25, -0.2) is 9.37 Å². The van der Waals surface area contributed by atoms with E-state index in [0.29, 0.717) is 17.7 Å². The minimum atomic E-state index is -0.354. The molecule has 0 saturated carbocycles. The molecule has 0 saturated heterocycles. The first kappa shape index (κ1) is 16.6. The van der Waals surface area contributed by atoms with Crippen molar-refractivity contribution in [2.45, 2.75) is 52.0 Å². The van der Waals surface area contributed by atoms with E-state index in [1.807, 2.05) is 20.0 Å². The number of hydrogen-bond donors (Lipinski definition) is 1. The first-order valence-corrected chi connectivity index (χ1v) is 8.24. The molecule has 1 N–H and O–H groups in total. The monoisotopic (exact) mass is 331 g/mol. The average Bonchev–Trinajstić information content (AvgIpc) is 3.01. The highest BCUT2D eigenvalue weighted by molar-refractivity contribution is 5.94. The molecule has 1 aliphatic heterocycles. The normalized spacial score (nSPS) is 16.9. The van der Waals surface area contributed by atoms with Crippen LogP contribution in [-0.2, 0) is 24.3 Å². The second-order valence-electron chi connectivity index (χ2n) is 6.37. The smallest absolute Gasteiger partial charge is 0.251 e. The number of nitrogens with zero attached hydrogens (tertiary/aromatic N) is 2. The molecule has 5 nitrogen and oxygen atoms in total. The Hall–Kier alpha value is -2.21. The number of rotatable bonds is 5. The molecule has 6 heteroatoms. The predicted octanol–water partition coefficient (Wildman–Crippen LogP) is 2.69. The van der Waals surface area contributed by atoms with Crippen molar-refractivity contribution in [2.24, 2.45) is 0 Å². The van der Waals surface area contributed by atoms with Crippen LogP contribution in [0.4, 0.5) is 4.39 Å². The summed E-state index contributed by atoms with van der Waals surface area (Å²) in [5.41, 5.74) is 0.854. The van der Waals surface area contributed by atoms with Gasteiger partial charge < -0.3 is 14.6 Å². The van der Waals surface area contributed by atoms with Gasteiger partial charge in [0.1, 0.15) is 11.6 Å². The molecule has 0 unspecified atom stereocenters. The summed E-state index contributed by atoms with van der Waals surface area (Å²) in [6, 6.07) is 4.45. The fraction of sp³-hybridized carbons (Fsp3) is 0.444. The molecule has 1 aromatic heterocycles. The third-order valence-corrected chi connectivity index (χ3v) is 4.15. The van der Waals surface area contributed by atoms with E-state index in [-0.39, 0.29) is 30.5 Å². The number of carbonyl (C=O) groups is 1. The number of benzene rings is 1. The van der Waals surface area contributed by atoms with E-state index >= 15 is 0 Å². The molecule has 1 atom stereocenters. The number of ether oxygens (including phenoxy) is 1. The van der Waals surface area contributed by atoms with E-state index in [1.54, 1.807) is 12.3 Å². The highest BCUT2D eigenvalue weighted by Gasteiger charge is 2.21. The largest absolute Gasteiger partial charge is 0.374 e. The zero-order valence-electron chi connectivity index (χ0n) is 14.0. The predicted molar refractivity (Wildman–Crippen MR) is 88.1 cm³/mol. The van der Waals surface area contributed by atoms with Crippen molar-refractivity contribution in [1.29, 1.82) is 0 Å². The minimum Gasteiger partial charge on any atom is -0.374 e. The van der Waals surface area contributed by atoms with Gasteiger partial charge in [-0.3, -0.25) is 4.79 Å². The van der Waals surface area contributed by atoms with Gasteiger partial charge in [0.15, 0.2) is 0 Å². The molecule has 2 heterocycles. The van der Waals surface area contributed by atoms with Crippen LogP contribution >= 0.6 is 0 Å². The molecule has 128 valence electrons. The summed E-state index contributed by atoms with van der Waals surface area (Å²) in [6.07, 6.45) is 5.41. The van der Waals surface area contributed by atoms with E-state index in [9.17, 15) is 9.18 Å². The van der Waals surface area contributed by atoms with Gasteiger partial charge in [0.2, 0.25) is 0 Å². The summed E-state index contributed by atoms with van der Waals surface area (Å²) in [4.78, 5) is 16.7. The quantitative estimate of drug-likeness (QED) is 0.916. The Bertz CT molecular complexity index is 727. The van der Waals surface area contributed by atoms with Crippen molar-refractivity contribution in [2.75, 3.05) is 0 Å². The minimum absolute atomic E-state index is 0.00787. The second kappa shape index (κ2) is 7.13. The number of aryl methyl sites for hydroxylation is 1. The van der Waals surface area contributed by atoms with Gasteiger partial charge in [0.05, 0.1) is 12.7 Å². The lowest BCUT2D eigenvalue weighted by atomic mass is 10.1. The lowest BCUT2D eigenvalue weighted by Crippen LogP contribution is -2.40. The maximum absolute atomic E-state index is 13.8. The van der Waals surface area contributed by atoms with Gasteiger partial charge in [-0.05, 0) is 38.5 Å². The summed E-state index contributed by atoms with van der Waals surface area (Å²) in [5.74, 6) is 0.512. The van der Waals surface area contributed by atoms with Crippen molar-refractivity contribution in [3.8, 4) is 0 Å². The fourth-order valence-corrected chi connectivity index (χ4v) is 2.84. The summed E-state index contributed by atoms with van der Waals surface area (Å²) >= 11 is 0. The number of nitrogens with one attached hydrogen (secondary N) is 1. The zero-order valence-corrected chi connectivity index (χ0v) is 14.0. The summed E-state index contributed by atoms with van der Waals surface area (Å²) in [6.45, 7) is 4.65. The average molecular weight is 331 g/mol. The maximum Gasteiger partial charge on any atom is 0.251 e. The molecule has 1 aliphatic rings. The van der Waals surface area contributed by atoms with E-state index in [0.717, 1.165) is 18.7 Å². The number of fused-ring (bicyclic) bond motifs is 1. The number of imidazole rings is 1. The number of amides is 1. The van der Waals surface area contributed by atoms with Crippen LogP contribution in [0, 0.1) is 5.82 Å². The first-order valence-electron chi connectivity index (χ1n) is 8.24. The summed E-state index contributed by atoms with van der Waals surface area (Å²) in [5, 5.41) is 3.03. The second-order valence-corrected chi connectivity index (χ2v) is 6.37. The van der Waals surface area contributed by atoms with Crippen LogP contribution in [0.5, 0.6) is 0 Å². The van der Waals surface area contributed by atoms with E-state index < -0.39 is 0 Å². The zero-order chi connectivity index (χ0) is 17.1. The molecule has 0 radical (unpaired) electrons. The number of aromatic nitrogens is 2. The Kier molecular flexibility index (Phi) is 4.94. The van der Waals surface area contributed by atoms with Gasteiger partial charge in [-0.15, -0.1) is 0 Å². The standard InChI is InChI=1S/C18H22FN3O2/c1-12(2)24-11-14-9-13(3-5-16(14)19)18(23)21-15-4-6-17-20-7-8-22(17)10-15/h3,5,7-9,12,15H,4,6,10-11H2,1-2H3,(H,21,23)/t15-/m1/s1. The molecule has 2 aromatic rings. The highest BCUT2D eigenvalue weighted by atomic mass is 19.1. The van der Waals surface area contributed by atoms with E-state index in [1.165, 1.54) is 12.1 Å². The van der Waals surface area contributed by atoms with Crippen molar-refractivity contribution in [3.63, 3.8) is 0 Å². The van der Waals surface area contributed by atoms with Gasteiger partial charge in [-0.2, -0.15) is 0 Å². The van der Waals surface area contributed by atoms with Gasteiger partial charge in [0, 0.05) is 42.5 Å². The molecular weight excluding hydrogens is 309 g/mol. The fourth-order valence-electron chi connectivity index (χ4n) is 2.84. The Labute approximate surface area is 140 Å². The van der Waals surface area contributed by atoms with Crippen LogP contribution in [0.3, 0.4) is 0 Å². The Morgan fingerprint density at radius 2 is 2.33 bits per heavy atom. The lowest BCUT2D eigenvalue weighted by Gasteiger charge is -2.24. The summed E-state index contributed by atoms with van der Waals surface area (Å²) in [7, 11) is 0. The van der Waals surface area contributed by atoms with Crippen LogP contribution in [0.15, 0.2) is 30.6 Å². The molecule has 0 spiro atoms. The van der Waals surface area contributed by atoms with Crippen LogP contribution in [0.1, 0.15) is 42.0 Å². The molecule has 1 aromatic carbocycles. The third-order valence-electron chi connectivity index (χ3n) is 4.15. The van der Waals surface area contributed by atoms with Gasteiger partial charge >= 0.3 is 0 Å². The van der Waals surface area contributed by atoms with Crippen LogP contribution in [0.25, 0.3) is 0 Å².